The second-order valence-electron chi connectivity index (χ2n) is 10.2. The van der Waals surface area contributed by atoms with E-state index in [0.29, 0.717) is 0 Å². The topological polar surface area (TPSA) is 0 Å². The van der Waals surface area contributed by atoms with Gasteiger partial charge in [-0.15, -0.1) is 0 Å². The Morgan fingerprint density at radius 3 is 1.19 bits per heavy atom. The van der Waals surface area contributed by atoms with E-state index in [2.05, 4.69) is 100 Å². The van der Waals surface area contributed by atoms with Gasteiger partial charge in [0.25, 0.3) is 0 Å². The first kappa shape index (κ1) is 24.3. The number of hydrogen-bond acceptors (Lipinski definition) is 0. The van der Waals surface area contributed by atoms with E-state index in [1.165, 1.54) is 84.7 Å². The van der Waals surface area contributed by atoms with Gasteiger partial charge in [-0.25, -0.2) is 0 Å². The maximum atomic E-state index is 2.46. The van der Waals surface area contributed by atoms with Crippen LogP contribution < -0.4 is 0 Å². The van der Waals surface area contributed by atoms with Gasteiger partial charge in [-0.2, -0.15) is 0 Å². The third kappa shape index (κ3) is 8.65. The Bertz CT molecular complexity index is 842. The summed E-state index contributed by atoms with van der Waals surface area (Å²) in [4.78, 5) is 0. The predicted octanol–water partition coefficient (Wildman–Crippen LogP) is 8.71. The lowest BCUT2D eigenvalue weighted by Gasteiger charge is -2.14. The highest BCUT2D eigenvalue weighted by Gasteiger charge is 2.07. The van der Waals surface area contributed by atoms with Crippen molar-refractivity contribution >= 4 is 0 Å². The zero-order valence-corrected chi connectivity index (χ0v) is 20.7. The molecule has 0 fully saturated rings. The van der Waals surface area contributed by atoms with Crippen molar-refractivity contribution in [2.75, 3.05) is 0 Å². The predicted molar refractivity (Wildman–Crippen MR) is 140 cm³/mol. The van der Waals surface area contributed by atoms with Crippen LogP contribution in [0.1, 0.15) is 72.9 Å². The first-order valence-electron chi connectivity index (χ1n) is 12.7. The van der Waals surface area contributed by atoms with E-state index in [1.54, 1.807) is 0 Å². The maximum Gasteiger partial charge on any atom is -0.0276 e. The Labute approximate surface area is 197 Å². The standard InChI is InChI=1S/C32H42/c1-25-8-16-29(17-9-25)20-12-27(3)14-22-31-6-5-7-32(24-31)23-15-28(4)13-21-30-18-10-26(2)11-19-30/h5-11,16-19,24,27-28H,12-15,20-23H2,1-4H3. The van der Waals surface area contributed by atoms with E-state index in [0.717, 1.165) is 11.8 Å². The molecular weight excluding hydrogens is 384 g/mol. The van der Waals surface area contributed by atoms with Gasteiger partial charge in [-0.05, 0) is 99.3 Å². The Balaban J connectivity index is 1.37. The molecule has 2 atom stereocenters. The summed E-state index contributed by atoms with van der Waals surface area (Å²) in [5.41, 5.74) is 8.67. The molecule has 0 saturated carbocycles. The molecule has 0 aliphatic rings. The molecule has 0 spiro atoms. The summed E-state index contributed by atoms with van der Waals surface area (Å²) in [7, 11) is 0. The fourth-order valence-corrected chi connectivity index (χ4v) is 4.39. The Kier molecular flexibility index (Phi) is 9.60. The van der Waals surface area contributed by atoms with Crippen molar-refractivity contribution < 1.29 is 0 Å². The van der Waals surface area contributed by atoms with Crippen molar-refractivity contribution in [3.05, 3.63) is 106 Å². The largest absolute Gasteiger partial charge is 0.0625 e. The van der Waals surface area contributed by atoms with E-state index in [9.17, 15) is 0 Å². The summed E-state index contributed by atoms with van der Waals surface area (Å²) >= 11 is 0. The van der Waals surface area contributed by atoms with Crippen molar-refractivity contribution in [3.63, 3.8) is 0 Å². The van der Waals surface area contributed by atoms with Crippen molar-refractivity contribution in [1.29, 1.82) is 0 Å². The Hall–Kier alpha value is -2.34. The molecule has 2 unspecified atom stereocenters. The summed E-state index contributed by atoms with van der Waals surface area (Å²) in [5, 5.41) is 0. The lowest BCUT2D eigenvalue weighted by atomic mass is 9.92. The lowest BCUT2D eigenvalue weighted by molar-refractivity contribution is 0.490. The molecule has 0 bridgehead atoms. The van der Waals surface area contributed by atoms with Gasteiger partial charge in [0.1, 0.15) is 0 Å². The number of hydrogen-bond donors (Lipinski definition) is 0. The maximum absolute atomic E-state index is 2.46. The minimum Gasteiger partial charge on any atom is -0.0625 e. The van der Waals surface area contributed by atoms with E-state index in [1.807, 2.05) is 0 Å². The summed E-state index contributed by atoms with van der Waals surface area (Å²) in [6, 6.07) is 27.4. The zero-order chi connectivity index (χ0) is 22.8. The molecule has 170 valence electrons. The highest BCUT2D eigenvalue weighted by atomic mass is 14.1. The minimum atomic E-state index is 0.766. The molecule has 0 nitrogen and oxygen atoms in total. The van der Waals surface area contributed by atoms with E-state index in [-0.39, 0.29) is 0 Å². The van der Waals surface area contributed by atoms with Crippen LogP contribution in [0.3, 0.4) is 0 Å². The normalized spacial score (nSPS) is 13.1. The molecule has 0 heteroatoms. The van der Waals surface area contributed by atoms with Gasteiger partial charge in [0.2, 0.25) is 0 Å². The third-order valence-electron chi connectivity index (χ3n) is 6.94. The van der Waals surface area contributed by atoms with Gasteiger partial charge in [0.15, 0.2) is 0 Å². The molecule has 3 rings (SSSR count). The first-order chi connectivity index (χ1) is 15.5. The van der Waals surface area contributed by atoms with Crippen LogP contribution in [-0.4, -0.2) is 0 Å². The smallest absolute Gasteiger partial charge is 0.0276 e. The van der Waals surface area contributed by atoms with Crippen molar-refractivity contribution in [1.82, 2.24) is 0 Å². The van der Waals surface area contributed by atoms with Crippen molar-refractivity contribution in [2.45, 2.75) is 79.1 Å². The minimum absolute atomic E-state index is 0.766. The van der Waals surface area contributed by atoms with Crippen LogP contribution in [-0.2, 0) is 25.7 Å². The van der Waals surface area contributed by atoms with Gasteiger partial charge in [0.05, 0.1) is 0 Å². The fraction of sp³-hybridized carbons (Fsp3) is 0.438. The highest BCUT2D eigenvalue weighted by molar-refractivity contribution is 5.24. The first-order valence-corrected chi connectivity index (χ1v) is 12.7. The molecule has 0 aliphatic heterocycles. The number of aryl methyl sites for hydroxylation is 6. The van der Waals surface area contributed by atoms with E-state index < -0.39 is 0 Å². The zero-order valence-electron chi connectivity index (χ0n) is 20.7. The molecule has 32 heavy (non-hydrogen) atoms. The Morgan fingerprint density at radius 1 is 0.469 bits per heavy atom. The SMILES string of the molecule is Cc1ccc(CCC(C)CCc2cccc(CCC(C)CCc3ccc(C)cc3)c2)cc1. The molecule has 0 N–H and O–H groups in total. The van der Waals surface area contributed by atoms with Crippen molar-refractivity contribution in [3.8, 4) is 0 Å². The summed E-state index contributed by atoms with van der Waals surface area (Å²) in [5.74, 6) is 1.53. The van der Waals surface area contributed by atoms with Crippen LogP contribution in [0.15, 0.2) is 72.8 Å². The number of benzene rings is 3. The Morgan fingerprint density at radius 2 is 0.812 bits per heavy atom. The van der Waals surface area contributed by atoms with Gasteiger partial charge in [-0.1, -0.05) is 97.8 Å². The fourth-order valence-electron chi connectivity index (χ4n) is 4.39. The van der Waals surface area contributed by atoms with Crippen LogP contribution in [0.2, 0.25) is 0 Å². The molecule has 0 aliphatic carbocycles. The summed E-state index contributed by atoms with van der Waals surface area (Å²) < 4.78 is 0. The van der Waals surface area contributed by atoms with Gasteiger partial charge >= 0.3 is 0 Å². The van der Waals surface area contributed by atoms with Gasteiger partial charge in [0, 0.05) is 0 Å². The lowest BCUT2D eigenvalue weighted by Crippen LogP contribution is -2.02. The average Bonchev–Trinajstić information content (AvgIpc) is 2.81. The van der Waals surface area contributed by atoms with Gasteiger partial charge in [-0.3, -0.25) is 0 Å². The third-order valence-corrected chi connectivity index (χ3v) is 6.94. The van der Waals surface area contributed by atoms with Gasteiger partial charge < -0.3 is 0 Å². The van der Waals surface area contributed by atoms with Crippen LogP contribution in [0.5, 0.6) is 0 Å². The quantitative estimate of drug-likeness (QED) is 0.272. The van der Waals surface area contributed by atoms with Crippen LogP contribution >= 0.6 is 0 Å². The monoisotopic (exact) mass is 426 g/mol. The second kappa shape index (κ2) is 12.6. The second-order valence-corrected chi connectivity index (χ2v) is 10.2. The molecule has 0 radical (unpaired) electrons. The number of rotatable bonds is 12. The van der Waals surface area contributed by atoms with E-state index >= 15 is 0 Å². The molecule has 0 heterocycles. The molecule has 0 aromatic heterocycles. The molecular formula is C32H42. The molecule has 0 saturated heterocycles. The average molecular weight is 427 g/mol. The summed E-state index contributed by atoms with van der Waals surface area (Å²) in [6.07, 6.45) is 9.91. The highest BCUT2D eigenvalue weighted by Crippen LogP contribution is 2.20. The van der Waals surface area contributed by atoms with Crippen LogP contribution in [0.25, 0.3) is 0 Å². The summed E-state index contributed by atoms with van der Waals surface area (Å²) in [6.45, 7) is 9.14. The molecule has 3 aromatic rings. The van der Waals surface area contributed by atoms with E-state index in [4.69, 9.17) is 0 Å². The van der Waals surface area contributed by atoms with Crippen LogP contribution in [0, 0.1) is 25.7 Å². The van der Waals surface area contributed by atoms with Crippen molar-refractivity contribution in [2.24, 2.45) is 11.8 Å². The van der Waals surface area contributed by atoms with Crippen LogP contribution in [0.4, 0.5) is 0 Å². The molecule has 3 aromatic carbocycles. The molecule has 0 amide bonds.